The molecule has 0 saturated heterocycles. The summed E-state index contributed by atoms with van der Waals surface area (Å²) in [4.78, 5) is 25.3. The largest absolute Gasteiger partial charge is 0.506 e. The monoisotopic (exact) mass is 404 g/mol. The maximum atomic E-state index is 13.2. The van der Waals surface area contributed by atoms with Gasteiger partial charge in [0.1, 0.15) is 5.75 Å². The molecule has 3 N–H and O–H groups in total. The Bertz CT molecular complexity index is 767. The Hall–Kier alpha value is -2.01. The first-order chi connectivity index (χ1) is 13.5. The summed E-state index contributed by atoms with van der Waals surface area (Å²) < 4.78 is 0. The van der Waals surface area contributed by atoms with E-state index in [0.29, 0.717) is 35.6 Å². The fourth-order valence-electron chi connectivity index (χ4n) is 4.30. The average molecular weight is 405 g/mol. The zero-order chi connectivity index (χ0) is 20.1. The number of phenols is 1. The predicted octanol–water partition coefficient (Wildman–Crippen LogP) is 5.38. The summed E-state index contributed by atoms with van der Waals surface area (Å²) in [6.45, 7) is 1.93. The molecule has 1 aliphatic heterocycles. The zero-order valence-electron chi connectivity index (χ0n) is 16.4. The second-order valence-corrected chi connectivity index (χ2v) is 8.21. The number of Topliss-reactive ketones (excluding diaryl/α,β-unsaturated/α-hetero) is 1. The van der Waals surface area contributed by atoms with Gasteiger partial charge >= 0.3 is 6.03 Å². The van der Waals surface area contributed by atoms with Crippen molar-refractivity contribution in [2.75, 3.05) is 0 Å². The molecule has 28 heavy (non-hydrogen) atoms. The number of hydrogen-bond acceptors (Lipinski definition) is 3. The van der Waals surface area contributed by atoms with Gasteiger partial charge in [0.15, 0.2) is 5.78 Å². The number of hydrogen-bond donors (Lipinski definition) is 3. The lowest BCUT2D eigenvalue weighted by Gasteiger charge is -2.30. The van der Waals surface area contributed by atoms with Crippen LogP contribution in [0.3, 0.4) is 0 Å². The molecule has 2 aliphatic rings. The Morgan fingerprint density at radius 1 is 1.21 bits per heavy atom. The van der Waals surface area contributed by atoms with E-state index in [9.17, 15) is 14.7 Å². The quantitative estimate of drug-likeness (QED) is 0.556. The van der Waals surface area contributed by atoms with Gasteiger partial charge in [-0.05, 0) is 36.5 Å². The Morgan fingerprint density at radius 2 is 1.93 bits per heavy atom. The van der Waals surface area contributed by atoms with Crippen molar-refractivity contribution in [3.05, 3.63) is 40.1 Å². The molecule has 2 amide bonds. The number of rotatable bonds is 6. The van der Waals surface area contributed by atoms with Gasteiger partial charge in [-0.1, -0.05) is 63.1 Å². The Labute approximate surface area is 171 Å². The minimum absolute atomic E-state index is 0.0217. The van der Waals surface area contributed by atoms with Crippen molar-refractivity contribution in [3.63, 3.8) is 0 Å². The maximum Gasteiger partial charge on any atom is 0.319 e. The van der Waals surface area contributed by atoms with Gasteiger partial charge in [0, 0.05) is 17.7 Å². The molecule has 1 heterocycles. The lowest BCUT2D eigenvalue weighted by Crippen LogP contribution is -2.45. The van der Waals surface area contributed by atoms with E-state index in [0.717, 1.165) is 6.42 Å². The van der Waals surface area contributed by atoms with Gasteiger partial charge < -0.3 is 15.7 Å². The molecule has 1 saturated carbocycles. The van der Waals surface area contributed by atoms with E-state index >= 15 is 0 Å². The van der Waals surface area contributed by atoms with Crippen molar-refractivity contribution in [3.8, 4) is 5.75 Å². The summed E-state index contributed by atoms with van der Waals surface area (Å²) in [5.41, 5.74) is 1.97. The molecule has 0 radical (unpaired) electrons. The molecule has 152 valence electrons. The third-order valence-electron chi connectivity index (χ3n) is 5.87. The van der Waals surface area contributed by atoms with E-state index < -0.39 is 6.04 Å². The number of carbonyl (C=O) groups is 2. The summed E-state index contributed by atoms with van der Waals surface area (Å²) in [5.74, 6) is 0.666. The van der Waals surface area contributed by atoms with E-state index in [1.165, 1.54) is 44.6 Å². The molecule has 1 unspecified atom stereocenters. The van der Waals surface area contributed by atoms with Crippen LogP contribution in [0.4, 0.5) is 4.79 Å². The van der Waals surface area contributed by atoms with Gasteiger partial charge in [0.25, 0.3) is 0 Å². The van der Waals surface area contributed by atoms with Crippen molar-refractivity contribution in [2.24, 2.45) is 5.92 Å². The average Bonchev–Trinajstić information content (AvgIpc) is 2.96. The fourth-order valence-corrected chi connectivity index (χ4v) is 4.49. The minimum Gasteiger partial charge on any atom is -0.506 e. The highest BCUT2D eigenvalue weighted by Crippen LogP contribution is 2.34. The Kier molecular flexibility index (Phi) is 7.00. The van der Waals surface area contributed by atoms with Crippen molar-refractivity contribution in [2.45, 2.75) is 70.8 Å². The van der Waals surface area contributed by atoms with Gasteiger partial charge in [-0.25, -0.2) is 4.79 Å². The molecule has 3 rings (SSSR count). The first-order valence-electron chi connectivity index (χ1n) is 10.3. The Morgan fingerprint density at radius 3 is 2.57 bits per heavy atom. The van der Waals surface area contributed by atoms with Crippen LogP contribution in [-0.4, -0.2) is 16.9 Å². The number of amides is 2. The predicted molar refractivity (Wildman–Crippen MR) is 110 cm³/mol. The minimum atomic E-state index is -0.552. The Balaban J connectivity index is 1.82. The number of phenolic OH excluding ortho intramolecular Hbond substituents is 1. The number of ketones is 1. The fraction of sp³-hybridized carbons (Fsp3) is 0.545. The SMILES string of the molecule is CCC1=C(C(=O)CCC2CCCCCC2)C(c2ccc(O)c(Cl)c2)NC(=O)N1. The summed E-state index contributed by atoms with van der Waals surface area (Å²) in [6.07, 6.45) is 9.49. The number of carbonyl (C=O) groups excluding carboxylic acids is 2. The van der Waals surface area contributed by atoms with E-state index in [-0.39, 0.29) is 22.6 Å². The number of halogens is 1. The first-order valence-corrected chi connectivity index (χ1v) is 10.7. The second-order valence-electron chi connectivity index (χ2n) is 7.81. The van der Waals surface area contributed by atoms with Gasteiger partial charge in [-0.15, -0.1) is 0 Å². The third kappa shape index (κ3) is 4.88. The van der Waals surface area contributed by atoms with Gasteiger partial charge in [-0.3, -0.25) is 4.79 Å². The molecule has 1 aromatic rings. The van der Waals surface area contributed by atoms with Crippen LogP contribution in [0.15, 0.2) is 29.5 Å². The normalized spacial score (nSPS) is 21.1. The summed E-state index contributed by atoms with van der Waals surface area (Å²) in [6, 6.07) is 3.92. The zero-order valence-corrected chi connectivity index (χ0v) is 17.1. The molecule has 1 aromatic carbocycles. The number of nitrogens with one attached hydrogen (secondary N) is 2. The van der Waals surface area contributed by atoms with Crippen molar-refractivity contribution >= 4 is 23.4 Å². The van der Waals surface area contributed by atoms with Crippen LogP contribution >= 0.6 is 11.6 Å². The highest BCUT2D eigenvalue weighted by Gasteiger charge is 2.32. The molecule has 1 fully saturated rings. The molecule has 1 atom stereocenters. The van der Waals surface area contributed by atoms with Crippen LogP contribution in [0, 0.1) is 5.92 Å². The molecule has 0 bridgehead atoms. The van der Waals surface area contributed by atoms with Crippen LogP contribution in [0.25, 0.3) is 0 Å². The molecular weight excluding hydrogens is 376 g/mol. The lowest BCUT2D eigenvalue weighted by molar-refractivity contribution is -0.116. The standard InChI is InChI=1S/C22H29ClN2O3/c1-2-17-20(19(27)11-9-14-7-5-3-4-6-8-14)21(25-22(28)24-17)15-10-12-18(26)16(23)13-15/h10,12-14,21,26H,2-9,11H2,1H3,(H2,24,25,28). The van der Waals surface area contributed by atoms with E-state index in [1.807, 2.05) is 6.92 Å². The molecule has 0 aromatic heterocycles. The van der Waals surface area contributed by atoms with E-state index in [2.05, 4.69) is 10.6 Å². The van der Waals surface area contributed by atoms with Gasteiger partial charge in [0.2, 0.25) is 0 Å². The molecular formula is C22H29ClN2O3. The summed E-state index contributed by atoms with van der Waals surface area (Å²) >= 11 is 6.07. The van der Waals surface area contributed by atoms with Crippen LogP contribution < -0.4 is 10.6 Å². The van der Waals surface area contributed by atoms with Gasteiger partial charge in [0.05, 0.1) is 11.1 Å². The number of benzene rings is 1. The lowest BCUT2D eigenvalue weighted by atomic mass is 9.87. The van der Waals surface area contributed by atoms with Crippen LogP contribution in [0.5, 0.6) is 5.75 Å². The summed E-state index contributed by atoms with van der Waals surface area (Å²) in [5, 5.41) is 15.6. The number of urea groups is 1. The van der Waals surface area contributed by atoms with Crippen molar-refractivity contribution < 1.29 is 14.7 Å². The molecule has 0 spiro atoms. The number of allylic oxidation sites excluding steroid dienone is 1. The third-order valence-corrected chi connectivity index (χ3v) is 6.17. The van der Waals surface area contributed by atoms with E-state index in [4.69, 9.17) is 11.6 Å². The van der Waals surface area contributed by atoms with Crippen molar-refractivity contribution in [1.82, 2.24) is 10.6 Å². The van der Waals surface area contributed by atoms with Crippen LogP contribution in [0.1, 0.15) is 76.3 Å². The van der Waals surface area contributed by atoms with Crippen LogP contribution in [0.2, 0.25) is 5.02 Å². The van der Waals surface area contributed by atoms with Gasteiger partial charge in [-0.2, -0.15) is 0 Å². The number of aromatic hydroxyl groups is 1. The smallest absolute Gasteiger partial charge is 0.319 e. The highest BCUT2D eigenvalue weighted by molar-refractivity contribution is 6.32. The summed E-state index contributed by atoms with van der Waals surface area (Å²) in [7, 11) is 0. The van der Waals surface area contributed by atoms with Crippen LogP contribution in [-0.2, 0) is 4.79 Å². The topological polar surface area (TPSA) is 78.4 Å². The maximum absolute atomic E-state index is 13.2. The highest BCUT2D eigenvalue weighted by atomic mass is 35.5. The van der Waals surface area contributed by atoms with Crippen molar-refractivity contribution in [1.29, 1.82) is 0 Å². The van der Waals surface area contributed by atoms with E-state index in [1.54, 1.807) is 12.1 Å². The first kappa shape index (κ1) is 20.7. The molecule has 6 heteroatoms. The molecule has 1 aliphatic carbocycles. The molecule has 5 nitrogen and oxygen atoms in total. The second kappa shape index (κ2) is 9.46.